The number of rotatable bonds is 4. The number of H-pyrrole nitrogens is 1. The molecule has 1 aliphatic heterocycles. The lowest BCUT2D eigenvalue weighted by Crippen LogP contribution is -2.51. The van der Waals surface area contributed by atoms with E-state index in [9.17, 15) is 14.4 Å². The van der Waals surface area contributed by atoms with Crippen molar-refractivity contribution in [3.8, 4) is 0 Å². The van der Waals surface area contributed by atoms with Crippen LogP contribution in [0.1, 0.15) is 26.3 Å². The monoisotopic (exact) mass is 405 g/mol. The third kappa shape index (κ3) is 3.91. The van der Waals surface area contributed by atoms with Gasteiger partial charge in [0, 0.05) is 48.8 Å². The summed E-state index contributed by atoms with van der Waals surface area (Å²) in [5.41, 5.74) is 2.93. The molecule has 0 radical (unpaired) electrons. The third-order valence-corrected chi connectivity index (χ3v) is 5.49. The number of piperazine rings is 1. The fourth-order valence-electron chi connectivity index (χ4n) is 3.76. The summed E-state index contributed by atoms with van der Waals surface area (Å²) in [6, 6.07) is 14.4. The van der Waals surface area contributed by atoms with Gasteiger partial charge < -0.3 is 19.5 Å². The van der Waals surface area contributed by atoms with Gasteiger partial charge in [0.05, 0.1) is 19.1 Å². The number of hydrogen-bond donors (Lipinski definition) is 1. The number of carbonyl (C=O) groups is 3. The standard InChI is InChI=1S/C23H23N3O4/c1-30-23(29)17-8-6-16(7-9-17)22(28)26-12-10-25(11-13-26)21(27)14-18-15-24-20-5-3-2-4-19(18)20/h2-9,15,24H,10-14H2,1H3. The van der Waals surface area contributed by atoms with Crippen molar-refractivity contribution in [1.82, 2.24) is 14.8 Å². The maximum atomic E-state index is 12.8. The Kier molecular flexibility index (Phi) is 5.52. The van der Waals surface area contributed by atoms with Gasteiger partial charge in [-0.2, -0.15) is 0 Å². The summed E-state index contributed by atoms with van der Waals surface area (Å²) in [5.74, 6) is -0.472. The Bertz CT molecular complexity index is 1080. The molecule has 0 atom stereocenters. The number of aromatic amines is 1. The summed E-state index contributed by atoms with van der Waals surface area (Å²) in [7, 11) is 1.32. The summed E-state index contributed by atoms with van der Waals surface area (Å²) < 4.78 is 4.67. The van der Waals surface area contributed by atoms with E-state index in [-0.39, 0.29) is 11.8 Å². The average molecular weight is 405 g/mol. The molecular formula is C23H23N3O4. The van der Waals surface area contributed by atoms with Crippen LogP contribution in [0.3, 0.4) is 0 Å². The number of esters is 1. The van der Waals surface area contributed by atoms with Gasteiger partial charge in [-0.05, 0) is 35.9 Å². The number of hydrogen-bond acceptors (Lipinski definition) is 4. The minimum Gasteiger partial charge on any atom is -0.465 e. The molecule has 4 rings (SSSR count). The van der Waals surface area contributed by atoms with E-state index in [2.05, 4.69) is 9.72 Å². The van der Waals surface area contributed by atoms with Crippen LogP contribution in [-0.2, 0) is 16.0 Å². The highest BCUT2D eigenvalue weighted by Gasteiger charge is 2.25. The van der Waals surface area contributed by atoms with Crippen LogP contribution in [-0.4, -0.2) is 65.9 Å². The molecule has 2 aromatic carbocycles. The topological polar surface area (TPSA) is 82.7 Å². The number of fused-ring (bicyclic) bond motifs is 1. The van der Waals surface area contributed by atoms with Gasteiger partial charge in [-0.1, -0.05) is 18.2 Å². The van der Waals surface area contributed by atoms with E-state index in [1.165, 1.54) is 7.11 Å². The van der Waals surface area contributed by atoms with E-state index in [1.807, 2.05) is 35.4 Å². The first kappa shape index (κ1) is 19.7. The van der Waals surface area contributed by atoms with E-state index < -0.39 is 5.97 Å². The molecule has 154 valence electrons. The fraction of sp³-hybridized carbons (Fsp3) is 0.261. The van der Waals surface area contributed by atoms with Gasteiger partial charge in [0.15, 0.2) is 0 Å². The highest BCUT2D eigenvalue weighted by Crippen LogP contribution is 2.19. The summed E-state index contributed by atoms with van der Waals surface area (Å²) in [5, 5.41) is 1.06. The highest BCUT2D eigenvalue weighted by atomic mass is 16.5. The van der Waals surface area contributed by atoms with Gasteiger partial charge in [0.25, 0.3) is 5.91 Å². The first-order valence-corrected chi connectivity index (χ1v) is 9.87. The lowest BCUT2D eigenvalue weighted by molar-refractivity contribution is -0.131. The van der Waals surface area contributed by atoms with Crippen molar-refractivity contribution >= 4 is 28.7 Å². The van der Waals surface area contributed by atoms with Crippen LogP contribution in [0.5, 0.6) is 0 Å². The number of methoxy groups -OCH3 is 1. The maximum Gasteiger partial charge on any atom is 0.337 e. The van der Waals surface area contributed by atoms with Crippen LogP contribution in [0, 0.1) is 0 Å². The average Bonchev–Trinajstić information content (AvgIpc) is 3.21. The highest BCUT2D eigenvalue weighted by molar-refractivity contribution is 5.96. The van der Waals surface area contributed by atoms with Crippen LogP contribution < -0.4 is 0 Å². The molecule has 30 heavy (non-hydrogen) atoms. The first-order chi connectivity index (χ1) is 14.6. The molecule has 1 saturated heterocycles. The largest absolute Gasteiger partial charge is 0.465 e. The second-order valence-electron chi connectivity index (χ2n) is 7.28. The zero-order valence-corrected chi connectivity index (χ0v) is 16.8. The van der Waals surface area contributed by atoms with E-state index >= 15 is 0 Å². The van der Waals surface area contributed by atoms with Crippen molar-refractivity contribution in [2.24, 2.45) is 0 Å². The number of aromatic nitrogens is 1. The third-order valence-electron chi connectivity index (χ3n) is 5.49. The van der Waals surface area contributed by atoms with Gasteiger partial charge in [0.1, 0.15) is 0 Å². The fourth-order valence-corrected chi connectivity index (χ4v) is 3.76. The molecular weight excluding hydrogens is 382 g/mol. The molecule has 2 heterocycles. The van der Waals surface area contributed by atoms with Gasteiger partial charge in [-0.3, -0.25) is 9.59 Å². The zero-order chi connectivity index (χ0) is 21.1. The van der Waals surface area contributed by atoms with Crippen LogP contribution in [0.4, 0.5) is 0 Å². The molecule has 0 bridgehead atoms. The Hall–Kier alpha value is -3.61. The Morgan fingerprint density at radius 2 is 1.53 bits per heavy atom. The lowest BCUT2D eigenvalue weighted by Gasteiger charge is -2.35. The van der Waals surface area contributed by atoms with Crippen LogP contribution in [0.2, 0.25) is 0 Å². The number of nitrogens with zero attached hydrogens (tertiary/aromatic N) is 2. The molecule has 0 saturated carbocycles. The number of benzene rings is 2. The van der Waals surface area contributed by atoms with Gasteiger partial charge >= 0.3 is 5.97 Å². The van der Waals surface area contributed by atoms with Crippen molar-refractivity contribution in [2.75, 3.05) is 33.3 Å². The van der Waals surface area contributed by atoms with Gasteiger partial charge in [0.2, 0.25) is 5.91 Å². The number of nitrogens with one attached hydrogen (secondary N) is 1. The van der Waals surface area contributed by atoms with Crippen molar-refractivity contribution in [2.45, 2.75) is 6.42 Å². The minimum absolute atomic E-state index is 0.0642. The van der Waals surface area contributed by atoms with Crippen LogP contribution >= 0.6 is 0 Å². The summed E-state index contributed by atoms with van der Waals surface area (Å²) in [6.07, 6.45) is 2.23. The van der Waals surface area contributed by atoms with Gasteiger partial charge in [-0.15, -0.1) is 0 Å². The predicted octanol–water partition coefficient (Wildman–Crippen LogP) is 2.48. The SMILES string of the molecule is COC(=O)c1ccc(C(=O)N2CCN(C(=O)Cc3c[nH]c4ccccc34)CC2)cc1. The molecule has 2 amide bonds. The Labute approximate surface area is 174 Å². The van der Waals surface area contributed by atoms with Crippen LogP contribution in [0.15, 0.2) is 54.7 Å². The maximum absolute atomic E-state index is 12.8. The summed E-state index contributed by atoms with van der Waals surface area (Å²) in [4.78, 5) is 43.8. The predicted molar refractivity (Wildman–Crippen MR) is 112 cm³/mol. The Balaban J connectivity index is 1.34. The van der Waals surface area contributed by atoms with E-state index in [0.717, 1.165) is 16.5 Å². The molecule has 3 aromatic rings. The Morgan fingerprint density at radius 3 is 2.23 bits per heavy atom. The van der Waals surface area contributed by atoms with Crippen molar-refractivity contribution in [3.63, 3.8) is 0 Å². The molecule has 7 heteroatoms. The molecule has 0 spiro atoms. The molecule has 1 fully saturated rings. The second-order valence-corrected chi connectivity index (χ2v) is 7.28. The smallest absolute Gasteiger partial charge is 0.337 e. The molecule has 1 N–H and O–H groups in total. The molecule has 0 unspecified atom stereocenters. The van der Waals surface area contributed by atoms with Crippen LogP contribution in [0.25, 0.3) is 10.9 Å². The number of para-hydroxylation sites is 1. The normalized spacial score (nSPS) is 14.0. The van der Waals surface area contributed by atoms with Crippen molar-refractivity contribution in [1.29, 1.82) is 0 Å². The molecule has 1 aliphatic rings. The van der Waals surface area contributed by atoms with Gasteiger partial charge in [-0.25, -0.2) is 4.79 Å². The summed E-state index contributed by atoms with van der Waals surface area (Å²) in [6.45, 7) is 1.98. The van der Waals surface area contributed by atoms with E-state index in [4.69, 9.17) is 0 Å². The quantitative estimate of drug-likeness (QED) is 0.676. The minimum atomic E-state index is -0.434. The first-order valence-electron chi connectivity index (χ1n) is 9.87. The number of carbonyl (C=O) groups excluding carboxylic acids is 3. The molecule has 7 nitrogen and oxygen atoms in total. The van der Waals surface area contributed by atoms with Crippen molar-refractivity contribution < 1.29 is 19.1 Å². The molecule has 0 aliphatic carbocycles. The second kappa shape index (κ2) is 8.41. The lowest BCUT2D eigenvalue weighted by atomic mass is 10.1. The van der Waals surface area contributed by atoms with E-state index in [1.54, 1.807) is 29.2 Å². The Morgan fingerprint density at radius 1 is 0.900 bits per heavy atom. The van der Waals surface area contributed by atoms with Crippen molar-refractivity contribution in [3.05, 3.63) is 71.4 Å². The van der Waals surface area contributed by atoms with E-state index in [0.29, 0.717) is 43.7 Å². The number of ether oxygens (including phenoxy) is 1. The number of amides is 2. The molecule has 1 aromatic heterocycles. The zero-order valence-electron chi connectivity index (χ0n) is 16.8. The summed E-state index contributed by atoms with van der Waals surface area (Å²) >= 11 is 0.